The molecular weight excluding hydrogens is 268 g/mol. The van der Waals surface area contributed by atoms with Crippen molar-refractivity contribution in [1.82, 2.24) is 0 Å². The van der Waals surface area contributed by atoms with E-state index >= 15 is 0 Å². The van der Waals surface area contributed by atoms with Crippen molar-refractivity contribution >= 4 is 21.4 Å². The Morgan fingerprint density at radius 2 is 1.44 bits per heavy atom. The lowest BCUT2D eigenvalue weighted by atomic mass is 9.97. The SMILES string of the molecule is CC(C)c1ccc(C(Cl)C(C)(C)S(C)(=O)=O)cc1. The Morgan fingerprint density at radius 1 is 1.06 bits per heavy atom. The minimum atomic E-state index is -3.21. The van der Waals surface area contributed by atoms with E-state index in [0.29, 0.717) is 5.92 Å². The highest BCUT2D eigenvalue weighted by Crippen LogP contribution is 2.37. The zero-order chi connectivity index (χ0) is 14.1. The Morgan fingerprint density at radius 3 is 1.78 bits per heavy atom. The van der Waals surface area contributed by atoms with Crippen LogP contribution in [0.1, 0.15) is 50.1 Å². The maximum atomic E-state index is 11.8. The number of hydrogen-bond donors (Lipinski definition) is 0. The molecular formula is C14H21ClO2S. The third kappa shape index (κ3) is 3.07. The van der Waals surface area contributed by atoms with Gasteiger partial charge in [0.1, 0.15) is 0 Å². The van der Waals surface area contributed by atoms with Crippen LogP contribution < -0.4 is 0 Å². The molecule has 4 heteroatoms. The molecule has 1 rings (SSSR count). The van der Waals surface area contributed by atoms with Crippen molar-refractivity contribution in [2.75, 3.05) is 6.26 Å². The average molecular weight is 289 g/mol. The number of sulfone groups is 1. The predicted octanol–water partition coefficient (Wildman–Crippen LogP) is 3.91. The van der Waals surface area contributed by atoms with Crippen LogP contribution in [-0.2, 0) is 9.84 Å². The van der Waals surface area contributed by atoms with E-state index in [0.717, 1.165) is 5.56 Å². The standard InChI is InChI=1S/C14H21ClO2S/c1-10(2)11-6-8-12(9-7-11)13(15)14(3,4)18(5,16)17/h6-10,13H,1-5H3. The van der Waals surface area contributed by atoms with E-state index in [1.54, 1.807) is 13.8 Å². The molecule has 1 aromatic rings. The molecule has 0 saturated carbocycles. The zero-order valence-corrected chi connectivity index (χ0v) is 13.1. The van der Waals surface area contributed by atoms with Gasteiger partial charge in [0.15, 0.2) is 9.84 Å². The molecule has 0 saturated heterocycles. The summed E-state index contributed by atoms with van der Waals surface area (Å²) in [7, 11) is -3.21. The molecule has 0 radical (unpaired) electrons. The minimum Gasteiger partial charge on any atom is -0.229 e. The van der Waals surface area contributed by atoms with Crippen LogP contribution >= 0.6 is 11.6 Å². The number of halogens is 1. The van der Waals surface area contributed by atoms with Crippen molar-refractivity contribution < 1.29 is 8.42 Å². The van der Waals surface area contributed by atoms with Gasteiger partial charge < -0.3 is 0 Å². The first kappa shape index (κ1) is 15.5. The van der Waals surface area contributed by atoms with Gasteiger partial charge in [-0.2, -0.15) is 0 Å². The summed E-state index contributed by atoms with van der Waals surface area (Å²) in [4.78, 5) is 0. The van der Waals surface area contributed by atoms with Gasteiger partial charge in [-0.1, -0.05) is 38.1 Å². The molecule has 0 aromatic heterocycles. The molecule has 0 N–H and O–H groups in total. The Balaban J connectivity index is 3.08. The highest BCUT2D eigenvalue weighted by Gasteiger charge is 2.38. The molecule has 102 valence electrons. The van der Waals surface area contributed by atoms with E-state index in [4.69, 9.17) is 11.6 Å². The molecule has 0 bridgehead atoms. The summed E-state index contributed by atoms with van der Waals surface area (Å²) in [5.41, 5.74) is 2.07. The Kier molecular flexibility index (Phi) is 4.50. The lowest BCUT2D eigenvalue weighted by Crippen LogP contribution is -2.35. The maximum absolute atomic E-state index is 11.8. The van der Waals surface area contributed by atoms with Crippen LogP contribution in [0, 0.1) is 0 Å². The van der Waals surface area contributed by atoms with Gasteiger partial charge >= 0.3 is 0 Å². The number of alkyl halides is 1. The molecule has 0 aliphatic carbocycles. The summed E-state index contributed by atoms with van der Waals surface area (Å²) in [5, 5.41) is -0.547. The quantitative estimate of drug-likeness (QED) is 0.787. The van der Waals surface area contributed by atoms with E-state index in [2.05, 4.69) is 13.8 Å². The highest BCUT2D eigenvalue weighted by atomic mass is 35.5. The van der Waals surface area contributed by atoms with Crippen LogP contribution in [-0.4, -0.2) is 19.4 Å². The Bertz CT molecular complexity index is 501. The van der Waals surface area contributed by atoms with E-state index < -0.39 is 20.0 Å². The van der Waals surface area contributed by atoms with E-state index in [-0.39, 0.29) is 0 Å². The van der Waals surface area contributed by atoms with Crippen LogP contribution in [0.25, 0.3) is 0 Å². The van der Waals surface area contributed by atoms with Gasteiger partial charge in [0.05, 0.1) is 10.1 Å². The van der Waals surface area contributed by atoms with Gasteiger partial charge in [-0.05, 0) is 30.9 Å². The van der Waals surface area contributed by atoms with Crippen LogP contribution in [0.15, 0.2) is 24.3 Å². The summed E-state index contributed by atoms with van der Waals surface area (Å²) in [6.45, 7) is 7.56. The van der Waals surface area contributed by atoms with E-state index in [1.807, 2.05) is 24.3 Å². The first-order valence-electron chi connectivity index (χ1n) is 6.01. The second-order valence-electron chi connectivity index (χ2n) is 5.56. The average Bonchev–Trinajstić information content (AvgIpc) is 2.26. The van der Waals surface area contributed by atoms with Crippen LogP contribution in [0.2, 0.25) is 0 Å². The fraction of sp³-hybridized carbons (Fsp3) is 0.571. The minimum absolute atomic E-state index is 0.454. The fourth-order valence-electron chi connectivity index (χ4n) is 1.64. The number of benzene rings is 1. The first-order valence-corrected chi connectivity index (χ1v) is 8.33. The van der Waals surface area contributed by atoms with Crippen LogP contribution in [0.3, 0.4) is 0 Å². The lowest BCUT2D eigenvalue weighted by molar-refractivity contribution is 0.544. The molecule has 2 nitrogen and oxygen atoms in total. The number of rotatable bonds is 4. The second kappa shape index (κ2) is 5.22. The summed E-state index contributed by atoms with van der Waals surface area (Å²) in [6, 6.07) is 7.85. The molecule has 1 unspecified atom stereocenters. The van der Waals surface area contributed by atoms with Crippen LogP contribution in [0.4, 0.5) is 0 Å². The van der Waals surface area contributed by atoms with E-state index in [9.17, 15) is 8.42 Å². The van der Waals surface area contributed by atoms with Crippen molar-refractivity contribution in [3.05, 3.63) is 35.4 Å². The monoisotopic (exact) mass is 288 g/mol. The third-order valence-corrected chi connectivity index (χ3v) is 6.54. The van der Waals surface area contributed by atoms with Gasteiger partial charge in [0.2, 0.25) is 0 Å². The van der Waals surface area contributed by atoms with Crippen molar-refractivity contribution in [3.63, 3.8) is 0 Å². The Labute approximate surface area is 115 Å². The molecule has 0 aliphatic heterocycles. The molecule has 1 atom stereocenters. The maximum Gasteiger partial charge on any atom is 0.154 e. The van der Waals surface area contributed by atoms with Gasteiger partial charge in [0, 0.05) is 6.26 Å². The van der Waals surface area contributed by atoms with Crippen LogP contribution in [0.5, 0.6) is 0 Å². The topological polar surface area (TPSA) is 34.1 Å². The van der Waals surface area contributed by atoms with Gasteiger partial charge in [-0.3, -0.25) is 0 Å². The third-order valence-electron chi connectivity index (χ3n) is 3.46. The van der Waals surface area contributed by atoms with Crippen molar-refractivity contribution in [2.24, 2.45) is 0 Å². The highest BCUT2D eigenvalue weighted by molar-refractivity contribution is 7.92. The Hall–Kier alpha value is -0.540. The molecule has 1 aromatic carbocycles. The van der Waals surface area contributed by atoms with Gasteiger partial charge in [0.25, 0.3) is 0 Å². The molecule has 0 heterocycles. The summed E-state index contributed by atoms with van der Waals surface area (Å²) in [5.74, 6) is 0.454. The molecule has 0 aliphatic rings. The molecule has 0 spiro atoms. The zero-order valence-electron chi connectivity index (χ0n) is 11.6. The van der Waals surface area contributed by atoms with E-state index in [1.165, 1.54) is 11.8 Å². The number of hydrogen-bond acceptors (Lipinski definition) is 2. The first-order chi connectivity index (χ1) is 8.07. The largest absolute Gasteiger partial charge is 0.229 e. The normalized spacial score (nSPS) is 14.8. The van der Waals surface area contributed by atoms with Crippen molar-refractivity contribution in [3.8, 4) is 0 Å². The van der Waals surface area contributed by atoms with Crippen molar-refractivity contribution in [2.45, 2.75) is 43.7 Å². The summed E-state index contributed by atoms with van der Waals surface area (Å²) in [6.07, 6.45) is 1.23. The second-order valence-corrected chi connectivity index (χ2v) is 8.59. The van der Waals surface area contributed by atoms with Gasteiger partial charge in [-0.15, -0.1) is 11.6 Å². The fourth-order valence-corrected chi connectivity index (χ4v) is 2.78. The van der Waals surface area contributed by atoms with Gasteiger partial charge in [-0.25, -0.2) is 8.42 Å². The predicted molar refractivity (Wildman–Crippen MR) is 78.0 cm³/mol. The molecule has 0 amide bonds. The summed E-state index contributed by atoms with van der Waals surface area (Å²) < 4.78 is 22.5. The lowest BCUT2D eigenvalue weighted by Gasteiger charge is -2.28. The molecule has 18 heavy (non-hydrogen) atoms. The molecule has 0 fully saturated rings. The van der Waals surface area contributed by atoms with Crippen molar-refractivity contribution in [1.29, 1.82) is 0 Å². The smallest absolute Gasteiger partial charge is 0.154 e. The summed E-state index contributed by atoms with van der Waals surface area (Å²) >= 11 is 6.34.